The largest absolute Gasteiger partial charge is 0.489 e. The highest BCUT2D eigenvalue weighted by molar-refractivity contribution is 7.89. The van der Waals surface area contributed by atoms with Crippen molar-refractivity contribution in [3.05, 3.63) is 40.4 Å². The molecule has 2 aliphatic rings. The minimum atomic E-state index is -3.66. The van der Waals surface area contributed by atoms with E-state index in [4.69, 9.17) is 16.3 Å². The maximum Gasteiger partial charge on any atom is 0.240 e. The van der Waals surface area contributed by atoms with Crippen molar-refractivity contribution in [2.75, 3.05) is 0 Å². The molecule has 1 atom stereocenters. The molecule has 0 spiro atoms. The molecule has 1 N–H and O–H groups in total. The van der Waals surface area contributed by atoms with Gasteiger partial charge in [0.1, 0.15) is 17.7 Å². The first-order valence-electron chi connectivity index (χ1n) is 8.46. The van der Waals surface area contributed by atoms with Crippen LogP contribution < -0.4 is 9.46 Å². The van der Waals surface area contributed by atoms with Gasteiger partial charge < -0.3 is 9.30 Å². The lowest BCUT2D eigenvalue weighted by atomic mass is 10.1. The Kier molecular flexibility index (Phi) is 4.25. The highest BCUT2D eigenvalue weighted by atomic mass is 35.5. The van der Waals surface area contributed by atoms with Gasteiger partial charge in [-0.05, 0) is 31.9 Å². The smallest absolute Gasteiger partial charge is 0.240 e. The predicted octanol–water partition coefficient (Wildman–Crippen LogP) is 2.67. The van der Waals surface area contributed by atoms with Gasteiger partial charge in [0.25, 0.3) is 0 Å². The van der Waals surface area contributed by atoms with Crippen LogP contribution >= 0.6 is 11.6 Å². The zero-order valence-corrected chi connectivity index (χ0v) is 15.5. The molecule has 0 fully saturated rings. The molecule has 25 heavy (non-hydrogen) atoms. The van der Waals surface area contributed by atoms with Gasteiger partial charge in [0.15, 0.2) is 0 Å². The monoisotopic (exact) mass is 381 g/mol. The van der Waals surface area contributed by atoms with Crippen molar-refractivity contribution in [2.45, 2.75) is 56.7 Å². The van der Waals surface area contributed by atoms with Crippen molar-refractivity contribution >= 4 is 21.6 Å². The van der Waals surface area contributed by atoms with Gasteiger partial charge in [-0.3, -0.25) is 0 Å². The van der Waals surface area contributed by atoms with Crippen molar-refractivity contribution < 1.29 is 13.2 Å². The van der Waals surface area contributed by atoms with Crippen LogP contribution in [0.1, 0.15) is 36.8 Å². The minimum absolute atomic E-state index is 0.0109. The van der Waals surface area contributed by atoms with Crippen LogP contribution in [0.3, 0.4) is 0 Å². The number of ether oxygens (including phenoxy) is 1. The highest BCUT2D eigenvalue weighted by Gasteiger charge is 2.26. The van der Waals surface area contributed by atoms with E-state index in [1.807, 2.05) is 6.92 Å². The quantitative estimate of drug-likeness (QED) is 0.883. The number of benzene rings is 1. The molecule has 1 unspecified atom stereocenters. The van der Waals surface area contributed by atoms with Crippen LogP contribution in [-0.4, -0.2) is 24.1 Å². The Morgan fingerprint density at radius 1 is 1.40 bits per heavy atom. The van der Waals surface area contributed by atoms with Crippen LogP contribution in [0.2, 0.25) is 5.02 Å². The summed E-state index contributed by atoms with van der Waals surface area (Å²) in [5, 5.41) is 0.337. The van der Waals surface area contributed by atoms with E-state index < -0.39 is 10.0 Å². The van der Waals surface area contributed by atoms with Gasteiger partial charge in [-0.25, -0.2) is 18.1 Å². The van der Waals surface area contributed by atoms with E-state index >= 15 is 0 Å². The van der Waals surface area contributed by atoms with Gasteiger partial charge in [0.05, 0.1) is 22.2 Å². The molecule has 0 bridgehead atoms. The number of rotatable bonds is 4. The predicted molar refractivity (Wildman–Crippen MR) is 94.4 cm³/mol. The molecule has 0 aliphatic carbocycles. The number of imidazole rings is 1. The maximum absolute atomic E-state index is 12.7. The summed E-state index contributed by atoms with van der Waals surface area (Å²) in [7, 11) is -3.66. The Balaban J connectivity index is 1.56. The Morgan fingerprint density at radius 3 is 3.08 bits per heavy atom. The summed E-state index contributed by atoms with van der Waals surface area (Å²) in [5.41, 5.74) is 1.73. The molecule has 2 aliphatic heterocycles. The molecule has 4 rings (SSSR count). The van der Waals surface area contributed by atoms with Crippen LogP contribution in [0.15, 0.2) is 23.2 Å². The van der Waals surface area contributed by atoms with Crippen LogP contribution in [-0.2, 0) is 36.0 Å². The Labute approximate surface area is 152 Å². The first-order chi connectivity index (χ1) is 11.9. The summed E-state index contributed by atoms with van der Waals surface area (Å²) < 4.78 is 35.8. The normalized spacial score (nSPS) is 19.4. The first-order valence-corrected chi connectivity index (χ1v) is 10.3. The molecule has 6 nitrogen and oxygen atoms in total. The minimum Gasteiger partial charge on any atom is -0.489 e. The number of halogens is 1. The van der Waals surface area contributed by atoms with Crippen LogP contribution in [0.4, 0.5) is 0 Å². The summed E-state index contributed by atoms with van der Waals surface area (Å²) in [6, 6.07) is 3.10. The number of fused-ring (bicyclic) bond motifs is 2. The first kappa shape index (κ1) is 16.9. The molecule has 0 saturated carbocycles. The summed E-state index contributed by atoms with van der Waals surface area (Å²) in [6.07, 6.45) is 5.61. The summed E-state index contributed by atoms with van der Waals surface area (Å²) in [6.45, 7) is 3.05. The lowest BCUT2D eigenvalue weighted by Gasteiger charge is -2.16. The van der Waals surface area contributed by atoms with Crippen LogP contribution in [0.5, 0.6) is 5.75 Å². The molecule has 0 saturated heterocycles. The number of sulfonamides is 1. The number of nitrogens with zero attached hydrogens (tertiary/aromatic N) is 2. The van der Waals surface area contributed by atoms with Gasteiger partial charge >= 0.3 is 0 Å². The van der Waals surface area contributed by atoms with E-state index in [2.05, 4.69) is 14.3 Å². The zero-order valence-electron chi connectivity index (χ0n) is 14.0. The van der Waals surface area contributed by atoms with Gasteiger partial charge in [0.2, 0.25) is 10.0 Å². The SMILES string of the molecule is CC1Cc2cc(S(=O)(=O)NCc3cnc4n3CCCC4)cc(Cl)c2O1. The Morgan fingerprint density at radius 2 is 2.24 bits per heavy atom. The fraction of sp³-hybridized carbons (Fsp3) is 0.471. The van der Waals surface area contributed by atoms with Gasteiger partial charge in [0, 0.05) is 31.1 Å². The Bertz CT molecular complexity index is 923. The number of aromatic nitrogens is 2. The molecule has 8 heteroatoms. The van der Waals surface area contributed by atoms with Crippen molar-refractivity contribution in [1.29, 1.82) is 0 Å². The van der Waals surface area contributed by atoms with Crippen molar-refractivity contribution in [3.8, 4) is 5.75 Å². The third-order valence-corrected chi connectivity index (χ3v) is 6.39. The second-order valence-electron chi connectivity index (χ2n) is 6.62. The van der Waals surface area contributed by atoms with E-state index in [9.17, 15) is 8.42 Å². The van der Waals surface area contributed by atoms with Gasteiger partial charge in [-0.2, -0.15) is 0 Å². The molecule has 2 aromatic rings. The lowest BCUT2D eigenvalue weighted by Crippen LogP contribution is -2.25. The lowest BCUT2D eigenvalue weighted by molar-refractivity contribution is 0.255. The van der Waals surface area contributed by atoms with E-state index in [0.29, 0.717) is 17.2 Å². The van der Waals surface area contributed by atoms with E-state index in [-0.39, 0.29) is 17.5 Å². The third-order valence-electron chi connectivity index (χ3n) is 4.73. The molecular weight excluding hydrogens is 362 g/mol. The fourth-order valence-electron chi connectivity index (χ4n) is 3.49. The van der Waals surface area contributed by atoms with E-state index in [0.717, 1.165) is 42.9 Å². The Hall–Kier alpha value is -1.57. The van der Waals surface area contributed by atoms with Crippen molar-refractivity contribution in [1.82, 2.24) is 14.3 Å². The molecule has 0 radical (unpaired) electrons. The number of nitrogens with one attached hydrogen (secondary N) is 1. The summed E-state index contributed by atoms with van der Waals surface area (Å²) in [4.78, 5) is 4.56. The molecular formula is C17H20ClN3O3S. The standard InChI is InChI=1S/C17H20ClN3O3S/c1-11-6-12-7-14(8-15(18)17(12)24-11)25(22,23)20-10-13-9-19-16-4-2-3-5-21(13)16/h7-9,11,20H,2-6,10H2,1H3. The fourth-order valence-corrected chi connectivity index (χ4v) is 4.91. The van der Waals surface area contributed by atoms with Crippen molar-refractivity contribution in [3.63, 3.8) is 0 Å². The number of hydrogen-bond donors (Lipinski definition) is 1. The molecule has 134 valence electrons. The van der Waals surface area contributed by atoms with Gasteiger partial charge in [-0.15, -0.1) is 0 Å². The molecule has 1 aromatic heterocycles. The zero-order chi connectivity index (χ0) is 17.6. The number of aryl methyl sites for hydroxylation is 1. The average molecular weight is 382 g/mol. The summed E-state index contributed by atoms with van der Waals surface area (Å²) in [5.74, 6) is 1.63. The van der Waals surface area contributed by atoms with Crippen LogP contribution in [0.25, 0.3) is 0 Å². The molecule has 0 amide bonds. The summed E-state index contributed by atoms with van der Waals surface area (Å²) >= 11 is 6.21. The molecule has 3 heterocycles. The topological polar surface area (TPSA) is 73.2 Å². The van der Waals surface area contributed by atoms with E-state index in [1.165, 1.54) is 6.07 Å². The van der Waals surface area contributed by atoms with Crippen LogP contribution in [0, 0.1) is 0 Å². The molecule has 1 aromatic carbocycles. The van der Waals surface area contributed by atoms with Gasteiger partial charge in [-0.1, -0.05) is 11.6 Å². The second-order valence-corrected chi connectivity index (χ2v) is 8.80. The maximum atomic E-state index is 12.7. The second kappa shape index (κ2) is 6.30. The number of hydrogen-bond acceptors (Lipinski definition) is 4. The van der Waals surface area contributed by atoms with E-state index in [1.54, 1.807) is 12.3 Å². The third kappa shape index (κ3) is 3.16. The highest BCUT2D eigenvalue weighted by Crippen LogP contribution is 2.38. The van der Waals surface area contributed by atoms with Crippen molar-refractivity contribution in [2.24, 2.45) is 0 Å². The average Bonchev–Trinajstić information content (AvgIpc) is 3.16.